The Morgan fingerprint density at radius 1 is 1.14 bits per heavy atom. The van der Waals surface area contributed by atoms with E-state index in [1.807, 2.05) is 6.07 Å². The van der Waals surface area contributed by atoms with Crippen molar-refractivity contribution < 1.29 is 8.78 Å². The second kappa shape index (κ2) is 8.56. The Hall–Kier alpha value is -2.44. The Kier molecular flexibility index (Phi) is 5.40. The largest absolute Gasteiger partial charge is 0.380 e. The molecular weight excluding hydrogens is 454 g/mol. The third-order valence-electron chi connectivity index (χ3n) is 9.51. The summed E-state index contributed by atoms with van der Waals surface area (Å²) >= 11 is 0. The van der Waals surface area contributed by atoms with Gasteiger partial charge in [0.15, 0.2) is 0 Å². The molecule has 2 aliphatic heterocycles. The fraction of sp³-hybridized carbons (Fsp3) is 0.533. The first-order valence-corrected chi connectivity index (χ1v) is 13.8. The van der Waals surface area contributed by atoms with Gasteiger partial charge in [0.05, 0.1) is 18.8 Å². The number of halogens is 2. The number of aromatic nitrogens is 1. The van der Waals surface area contributed by atoms with Gasteiger partial charge in [0.2, 0.25) is 0 Å². The highest BCUT2D eigenvalue weighted by atomic mass is 19.1. The van der Waals surface area contributed by atoms with Crippen LogP contribution in [0.1, 0.15) is 61.9 Å². The number of benzene rings is 2. The lowest BCUT2D eigenvalue weighted by atomic mass is 9.72. The van der Waals surface area contributed by atoms with Crippen LogP contribution >= 0.6 is 0 Å². The molecule has 2 bridgehead atoms. The molecule has 3 aliphatic carbocycles. The topological polar surface area (TPSA) is 34.3 Å². The maximum Gasteiger partial charge on any atom is 0.130 e. The molecular formula is C30H36F2N4. The van der Waals surface area contributed by atoms with Gasteiger partial charge in [-0.3, -0.25) is 14.2 Å². The molecule has 4 nitrogen and oxygen atoms in total. The van der Waals surface area contributed by atoms with Crippen LogP contribution in [-0.4, -0.2) is 58.7 Å². The Labute approximate surface area is 212 Å². The highest BCUT2D eigenvalue weighted by Crippen LogP contribution is 2.60. The molecule has 4 fully saturated rings. The lowest BCUT2D eigenvalue weighted by molar-refractivity contribution is -0.0347. The molecule has 0 radical (unpaired) electrons. The van der Waals surface area contributed by atoms with Gasteiger partial charge < -0.3 is 10.3 Å². The van der Waals surface area contributed by atoms with Gasteiger partial charge in [-0.1, -0.05) is 24.3 Å². The summed E-state index contributed by atoms with van der Waals surface area (Å²) in [6, 6.07) is 14.9. The highest BCUT2D eigenvalue weighted by molar-refractivity contribution is 5.85. The zero-order valence-electron chi connectivity index (χ0n) is 21.1. The molecule has 1 aromatic heterocycles. The zero-order valence-corrected chi connectivity index (χ0v) is 21.1. The molecule has 36 heavy (non-hydrogen) atoms. The van der Waals surface area contributed by atoms with Crippen molar-refractivity contribution in [2.24, 2.45) is 5.92 Å². The normalized spacial score (nSPS) is 30.2. The van der Waals surface area contributed by atoms with Gasteiger partial charge in [0.25, 0.3) is 0 Å². The molecule has 190 valence electrons. The smallest absolute Gasteiger partial charge is 0.130 e. The van der Waals surface area contributed by atoms with Crippen LogP contribution in [0.3, 0.4) is 0 Å². The Balaban J connectivity index is 1.22. The summed E-state index contributed by atoms with van der Waals surface area (Å²) in [7, 11) is 0. The van der Waals surface area contributed by atoms with E-state index in [2.05, 4.69) is 57.4 Å². The number of anilines is 1. The monoisotopic (exact) mass is 490 g/mol. The molecule has 3 aromatic rings. The van der Waals surface area contributed by atoms with Crippen LogP contribution in [0.25, 0.3) is 10.9 Å². The van der Waals surface area contributed by atoms with E-state index in [1.165, 1.54) is 42.3 Å². The van der Waals surface area contributed by atoms with Crippen molar-refractivity contribution in [3.05, 3.63) is 65.1 Å². The van der Waals surface area contributed by atoms with Crippen molar-refractivity contribution in [1.82, 2.24) is 14.8 Å². The van der Waals surface area contributed by atoms with Crippen LogP contribution in [0.4, 0.5) is 14.5 Å². The minimum Gasteiger partial charge on any atom is -0.380 e. The van der Waals surface area contributed by atoms with E-state index in [-0.39, 0.29) is 24.1 Å². The third kappa shape index (κ3) is 3.52. The Morgan fingerprint density at radius 3 is 2.72 bits per heavy atom. The number of hydrogen-bond acceptors (Lipinski definition) is 3. The molecule has 8 rings (SSSR count). The fourth-order valence-electron chi connectivity index (χ4n) is 7.95. The molecule has 3 saturated carbocycles. The van der Waals surface area contributed by atoms with E-state index in [0.717, 1.165) is 48.7 Å². The SMILES string of the molecule is C[C@@H]1Cc2c([nH]c3ccccc23)[C@@H](c2ccc(NC3CN(CCCF)C3)cc2F)N1C12CCC(C1)C2. The molecule has 0 spiro atoms. The van der Waals surface area contributed by atoms with Crippen LogP contribution in [0.2, 0.25) is 0 Å². The van der Waals surface area contributed by atoms with Crippen LogP contribution in [0, 0.1) is 11.7 Å². The van der Waals surface area contributed by atoms with Gasteiger partial charge in [-0.05, 0) is 75.1 Å². The molecule has 5 aliphatic rings. The van der Waals surface area contributed by atoms with Crippen molar-refractivity contribution in [3.8, 4) is 0 Å². The summed E-state index contributed by atoms with van der Waals surface area (Å²) in [5.74, 6) is 0.720. The van der Waals surface area contributed by atoms with E-state index in [4.69, 9.17) is 0 Å². The molecule has 0 unspecified atom stereocenters. The van der Waals surface area contributed by atoms with E-state index in [0.29, 0.717) is 18.5 Å². The number of nitrogens with zero attached hydrogens (tertiary/aromatic N) is 2. The lowest BCUT2D eigenvalue weighted by Gasteiger charge is -2.55. The molecule has 1 saturated heterocycles. The summed E-state index contributed by atoms with van der Waals surface area (Å²) < 4.78 is 28.4. The van der Waals surface area contributed by atoms with E-state index >= 15 is 4.39 Å². The van der Waals surface area contributed by atoms with E-state index in [1.54, 1.807) is 6.07 Å². The van der Waals surface area contributed by atoms with E-state index in [9.17, 15) is 4.39 Å². The third-order valence-corrected chi connectivity index (χ3v) is 9.51. The van der Waals surface area contributed by atoms with Gasteiger partial charge in [-0.15, -0.1) is 0 Å². The molecule has 0 amide bonds. The summed E-state index contributed by atoms with van der Waals surface area (Å²) in [5.41, 5.74) is 5.51. The van der Waals surface area contributed by atoms with Gasteiger partial charge in [-0.25, -0.2) is 4.39 Å². The van der Waals surface area contributed by atoms with Crippen molar-refractivity contribution in [2.75, 3.05) is 31.6 Å². The number of nitrogens with one attached hydrogen (secondary N) is 2. The first-order chi connectivity index (χ1) is 17.5. The van der Waals surface area contributed by atoms with Crippen molar-refractivity contribution in [1.29, 1.82) is 0 Å². The van der Waals surface area contributed by atoms with Gasteiger partial charge in [0, 0.05) is 59.1 Å². The van der Waals surface area contributed by atoms with Crippen molar-refractivity contribution in [3.63, 3.8) is 0 Å². The zero-order chi connectivity index (χ0) is 24.4. The molecule has 2 N–H and O–H groups in total. The number of likely N-dealkylation sites (tertiary alicyclic amines) is 1. The first-order valence-electron chi connectivity index (χ1n) is 13.8. The fourth-order valence-corrected chi connectivity index (χ4v) is 7.95. The Bertz CT molecular complexity index is 1270. The molecule has 2 aromatic carbocycles. The van der Waals surface area contributed by atoms with E-state index < -0.39 is 0 Å². The predicted molar refractivity (Wildman–Crippen MR) is 141 cm³/mol. The number of fused-ring (bicyclic) bond motifs is 4. The van der Waals surface area contributed by atoms with Gasteiger partial charge in [-0.2, -0.15) is 0 Å². The van der Waals surface area contributed by atoms with Crippen molar-refractivity contribution >= 4 is 16.6 Å². The number of hydrogen-bond donors (Lipinski definition) is 2. The summed E-state index contributed by atoms with van der Waals surface area (Å²) in [6.07, 6.45) is 6.64. The first kappa shape index (κ1) is 22.7. The molecule has 2 atom stereocenters. The Morgan fingerprint density at radius 2 is 1.97 bits per heavy atom. The number of H-pyrrole nitrogens is 1. The molecule has 6 heteroatoms. The summed E-state index contributed by atoms with van der Waals surface area (Å²) in [4.78, 5) is 8.66. The van der Waals surface area contributed by atoms with Crippen LogP contribution in [0.15, 0.2) is 42.5 Å². The maximum absolute atomic E-state index is 16.0. The number of aromatic amines is 1. The average Bonchev–Trinajstić information content (AvgIpc) is 3.53. The van der Waals surface area contributed by atoms with Gasteiger partial charge >= 0.3 is 0 Å². The number of rotatable bonds is 7. The lowest BCUT2D eigenvalue weighted by Crippen LogP contribution is -2.59. The second-order valence-electron chi connectivity index (χ2n) is 11.8. The van der Waals surface area contributed by atoms with Crippen molar-refractivity contribution in [2.45, 2.75) is 69.1 Å². The number of para-hydroxylation sites is 1. The maximum atomic E-state index is 16.0. The van der Waals surface area contributed by atoms with Crippen LogP contribution < -0.4 is 5.32 Å². The minimum absolute atomic E-state index is 0.0934. The second-order valence-corrected chi connectivity index (χ2v) is 11.8. The quantitative estimate of drug-likeness (QED) is 0.424. The highest BCUT2D eigenvalue weighted by Gasteiger charge is 2.58. The van der Waals surface area contributed by atoms with Crippen LogP contribution in [-0.2, 0) is 6.42 Å². The van der Waals surface area contributed by atoms with Gasteiger partial charge in [0.1, 0.15) is 5.82 Å². The average molecular weight is 491 g/mol. The standard InChI is InChI=1S/C30H36F2N4/c1-19-13-25-23-5-2-3-6-27(23)34-28(25)29(36(19)30-10-9-20(15-30)16-30)24-8-7-21(14-26(24)32)33-22-17-35(18-22)12-4-11-31/h2-3,5-8,14,19-20,22,29,33-34H,4,9-13,15-18H2,1H3/t19-,20?,29-,30?/m1/s1. The predicted octanol–water partition coefficient (Wildman–Crippen LogP) is 6.04. The molecule has 3 heterocycles. The van der Waals surface area contributed by atoms with Crippen LogP contribution in [0.5, 0.6) is 0 Å². The number of alkyl halides is 1. The summed E-state index contributed by atoms with van der Waals surface area (Å²) in [5, 5.41) is 4.77. The summed E-state index contributed by atoms with van der Waals surface area (Å²) in [6.45, 7) is 4.65. The minimum atomic E-state index is -0.266.